The van der Waals surface area contributed by atoms with E-state index >= 15 is 0 Å². The van der Waals surface area contributed by atoms with Crippen molar-refractivity contribution in [2.24, 2.45) is 0 Å². The second kappa shape index (κ2) is 5.87. The summed E-state index contributed by atoms with van der Waals surface area (Å²) in [5, 5.41) is 22.3. The van der Waals surface area contributed by atoms with Crippen LogP contribution >= 0.6 is 0 Å². The van der Waals surface area contributed by atoms with Gasteiger partial charge in [0.15, 0.2) is 17.1 Å². The van der Waals surface area contributed by atoms with E-state index in [-0.39, 0.29) is 5.75 Å². The van der Waals surface area contributed by atoms with E-state index < -0.39 is 0 Å². The molecule has 0 aliphatic carbocycles. The van der Waals surface area contributed by atoms with E-state index in [4.69, 9.17) is 0 Å². The molecule has 6 rings (SSSR count). The highest BCUT2D eigenvalue weighted by molar-refractivity contribution is 5.92. The smallest absolute Gasteiger partial charge is 0.185 e. The third-order valence-corrected chi connectivity index (χ3v) is 5.01. The molecule has 0 saturated heterocycles. The molecule has 0 bridgehead atoms. The molecule has 0 unspecified atom stereocenters. The molecule has 0 spiro atoms. The Morgan fingerprint density at radius 3 is 2.41 bits per heavy atom. The SMILES string of the molecule is Oc1cc2ccccc2cc1-c1nc2c3cnn(-c4ccccc4)c3ncn2n1. The Balaban J connectivity index is 1.56. The fourth-order valence-corrected chi connectivity index (χ4v) is 3.60. The van der Waals surface area contributed by atoms with E-state index in [0.29, 0.717) is 22.7 Å². The summed E-state index contributed by atoms with van der Waals surface area (Å²) >= 11 is 0. The average molecular weight is 378 g/mol. The molecule has 6 aromatic rings. The third-order valence-electron chi connectivity index (χ3n) is 5.01. The molecule has 3 aromatic heterocycles. The molecule has 0 fully saturated rings. The standard InChI is InChI=1S/C22H14N6O/c29-19-11-15-7-5-4-6-14(15)10-17(19)20-25-22-18-12-24-28(16-8-2-1-3-9-16)21(18)23-13-27(22)26-20/h1-13,29H. The molecule has 0 radical (unpaired) electrons. The zero-order valence-corrected chi connectivity index (χ0v) is 15.1. The maximum Gasteiger partial charge on any atom is 0.185 e. The fourth-order valence-electron chi connectivity index (χ4n) is 3.60. The van der Waals surface area contributed by atoms with Crippen LogP contribution < -0.4 is 0 Å². The summed E-state index contributed by atoms with van der Waals surface area (Å²) in [6.45, 7) is 0. The van der Waals surface area contributed by atoms with Crippen LogP contribution in [0.1, 0.15) is 0 Å². The first kappa shape index (κ1) is 15.8. The monoisotopic (exact) mass is 378 g/mol. The molecule has 7 heteroatoms. The van der Waals surface area contributed by atoms with Crippen LogP contribution in [0.2, 0.25) is 0 Å². The molecule has 0 aliphatic rings. The lowest BCUT2D eigenvalue weighted by molar-refractivity contribution is 0.477. The van der Waals surface area contributed by atoms with Crippen LogP contribution in [0.3, 0.4) is 0 Å². The summed E-state index contributed by atoms with van der Waals surface area (Å²) < 4.78 is 3.39. The van der Waals surface area contributed by atoms with Gasteiger partial charge in [0.2, 0.25) is 0 Å². The minimum absolute atomic E-state index is 0.142. The lowest BCUT2D eigenvalue weighted by atomic mass is 10.1. The summed E-state index contributed by atoms with van der Waals surface area (Å²) in [4.78, 5) is 9.21. The van der Waals surface area contributed by atoms with Crippen molar-refractivity contribution >= 4 is 27.5 Å². The maximum atomic E-state index is 10.5. The van der Waals surface area contributed by atoms with Gasteiger partial charge in [-0.15, -0.1) is 5.10 Å². The van der Waals surface area contributed by atoms with Gasteiger partial charge in [-0.25, -0.2) is 19.2 Å². The number of nitrogens with zero attached hydrogens (tertiary/aromatic N) is 6. The number of hydrogen-bond donors (Lipinski definition) is 1. The Kier molecular flexibility index (Phi) is 3.19. The summed E-state index contributed by atoms with van der Waals surface area (Å²) in [6.07, 6.45) is 3.36. The number of para-hydroxylation sites is 1. The van der Waals surface area contributed by atoms with Crippen molar-refractivity contribution < 1.29 is 5.11 Å². The molecule has 7 nitrogen and oxygen atoms in total. The predicted molar refractivity (Wildman–Crippen MR) is 110 cm³/mol. The first-order chi connectivity index (χ1) is 14.3. The fraction of sp³-hybridized carbons (Fsp3) is 0. The second-order valence-corrected chi connectivity index (χ2v) is 6.79. The van der Waals surface area contributed by atoms with Crippen molar-refractivity contribution in [3.8, 4) is 22.8 Å². The minimum atomic E-state index is 0.142. The third kappa shape index (κ3) is 2.37. The van der Waals surface area contributed by atoms with E-state index in [1.165, 1.54) is 0 Å². The second-order valence-electron chi connectivity index (χ2n) is 6.79. The Labute approximate surface area is 164 Å². The summed E-state index contributed by atoms with van der Waals surface area (Å²) in [7, 11) is 0. The number of phenolic OH excluding ortho intramolecular Hbond substituents is 1. The molecule has 138 valence electrons. The predicted octanol–water partition coefficient (Wildman–Crippen LogP) is 3.99. The van der Waals surface area contributed by atoms with Gasteiger partial charge < -0.3 is 5.11 Å². The van der Waals surface area contributed by atoms with Crippen molar-refractivity contribution in [1.82, 2.24) is 29.4 Å². The van der Waals surface area contributed by atoms with Gasteiger partial charge in [0.25, 0.3) is 0 Å². The molecule has 0 atom stereocenters. The van der Waals surface area contributed by atoms with Crippen LogP contribution in [0.4, 0.5) is 0 Å². The molecule has 1 N–H and O–H groups in total. The van der Waals surface area contributed by atoms with E-state index in [9.17, 15) is 5.11 Å². The summed E-state index contributed by atoms with van der Waals surface area (Å²) in [5.74, 6) is 0.582. The minimum Gasteiger partial charge on any atom is -0.507 e. The number of benzene rings is 3. The molecule has 0 aliphatic heterocycles. The van der Waals surface area contributed by atoms with Crippen molar-refractivity contribution in [3.63, 3.8) is 0 Å². The zero-order chi connectivity index (χ0) is 19.4. The van der Waals surface area contributed by atoms with Gasteiger partial charge in [-0.3, -0.25) is 0 Å². The van der Waals surface area contributed by atoms with Gasteiger partial charge in [0, 0.05) is 0 Å². The highest BCUT2D eigenvalue weighted by atomic mass is 16.3. The largest absolute Gasteiger partial charge is 0.507 e. The van der Waals surface area contributed by atoms with Crippen molar-refractivity contribution in [2.75, 3.05) is 0 Å². The van der Waals surface area contributed by atoms with Crippen molar-refractivity contribution in [3.05, 3.63) is 79.3 Å². The Morgan fingerprint density at radius 1 is 0.828 bits per heavy atom. The molecular weight excluding hydrogens is 364 g/mol. The summed E-state index contributed by atoms with van der Waals surface area (Å²) in [5.41, 5.74) is 2.84. The molecule has 0 amide bonds. The van der Waals surface area contributed by atoms with Crippen LogP contribution in [0.25, 0.3) is 44.5 Å². The molecular formula is C22H14N6O. The average Bonchev–Trinajstić information content (AvgIpc) is 3.38. The summed E-state index contributed by atoms with van der Waals surface area (Å²) in [6, 6.07) is 21.3. The first-order valence-corrected chi connectivity index (χ1v) is 9.14. The quantitative estimate of drug-likeness (QED) is 0.493. The van der Waals surface area contributed by atoms with E-state index in [1.807, 2.05) is 60.7 Å². The van der Waals surface area contributed by atoms with E-state index in [0.717, 1.165) is 21.8 Å². The Morgan fingerprint density at radius 2 is 1.59 bits per heavy atom. The van der Waals surface area contributed by atoms with Crippen LogP contribution in [-0.4, -0.2) is 34.5 Å². The highest BCUT2D eigenvalue weighted by Crippen LogP contribution is 2.32. The Bertz CT molecular complexity index is 1520. The molecule has 3 heterocycles. The van der Waals surface area contributed by atoms with Crippen LogP contribution in [0.5, 0.6) is 5.75 Å². The van der Waals surface area contributed by atoms with Gasteiger partial charge in [-0.2, -0.15) is 5.10 Å². The van der Waals surface area contributed by atoms with Gasteiger partial charge in [-0.05, 0) is 35.0 Å². The lowest BCUT2D eigenvalue weighted by Crippen LogP contribution is -1.98. The van der Waals surface area contributed by atoms with Crippen molar-refractivity contribution in [1.29, 1.82) is 0 Å². The highest BCUT2D eigenvalue weighted by Gasteiger charge is 2.16. The van der Waals surface area contributed by atoms with Gasteiger partial charge in [0.05, 0.1) is 22.8 Å². The van der Waals surface area contributed by atoms with Crippen LogP contribution in [0.15, 0.2) is 79.3 Å². The van der Waals surface area contributed by atoms with E-state index in [2.05, 4.69) is 20.2 Å². The number of hydrogen-bond acceptors (Lipinski definition) is 5. The Hall–Kier alpha value is -4.26. The van der Waals surface area contributed by atoms with E-state index in [1.54, 1.807) is 27.8 Å². The number of phenols is 1. The zero-order valence-electron chi connectivity index (χ0n) is 15.1. The molecule has 29 heavy (non-hydrogen) atoms. The number of aromatic nitrogens is 6. The maximum absolute atomic E-state index is 10.5. The van der Waals surface area contributed by atoms with Crippen molar-refractivity contribution in [2.45, 2.75) is 0 Å². The molecule has 3 aromatic carbocycles. The van der Waals surface area contributed by atoms with Crippen LogP contribution in [0, 0.1) is 0 Å². The number of rotatable bonds is 2. The number of aromatic hydroxyl groups is 1. The number of fused-ring (bicyclic) bond motifs is 4. The molecule has 0 saturated carbocycles. The van der Waals surface area contributed by atoms with Gasteiger partial charge >= 0.3 is 0 Å². The van der Waals surface area contributed by atoms with Gasteiger partial charge in [-0.1, -0.05) is 42.5 Å². The lowest BCUT2D eigenvalue weighted by Gasteiger charge is -2.03. The topological polar surface area (TPSA) is 81.1 Å². The van der Waals surface area contributed by atoms with Gasteiger partial charge in [0.1, 0.15) is 12.1 Å². The van der Waals surface area contributed by atoms with Crippen LogP contribution in [-0.2, 0) is 0 Å². The first-order valence-electron chi connectivity index (χ1n) is 9.14. The normalized spacial score (nSPS) is 11.6.